The number of rotatable bonds is 2. The van der Waals surface area contributed by atoms with Crippen LogP contribution in [0.5, 0.6) is 0 Å². The third-order valence-corrected chi connectivity index (χ3v) is 3.92. The molecule has 1 saturated heterocycles. The second kappa shape index (κ2) is 5.49. The summed E-state index contributed by atoms with van der Waals surface area (Å²) in [6.45, 7) is 3.79. The molecule has 1 aliphatic rings. The van der Waals surface area contributed by atoms with Crippen LogP contribution in [0.2, 0.25) is 0 Å². The van der Waals surface area contributed by atoms with Gasteiger partial charge in [0.05, 0.1) is 5.56 Å². The van der Waals surface area contributed by atoms with Crippen LogP contribution < -0.4 is 5.32 Å². The highest BCUT2D eigenvalue weighted by Crippen LogP contribution is 2.35. The fourth-order valence-electron chi connectivity index (χ4n) is 2.66. The summed E-state index contributed by atoms with van der Waals surface area (Å²) < 4.78 is 51.0. The number of halogens is 4. The van der Waals surface area contributed by atoms with Crippen molar-refractivity contribution in [2.75, 3.05) is 13.1 Å². The average Bonchev–Trinajstić information content (AvgIpc) is 2.37. The lowest BCUT2D eigenvalue weighted by atomic mass is 9.81. The van der Waals surface area contributed by atoms with Crippen molar-refractivity contribution in [1.82, 2.24) is 5.32 Å². The minimum atomic E-state index is -4.62. The molecule has 0 spiro atoms. The highest BCUT2D eigenvalue weighted by Gasteiger charge is 2.34. The van der Waals surface area contributed by atoms with Gasteiger partial charge in [-0.05, 0) is 55.5 Å². The van der Waals surface area contributed by atoms with Crippen LogP contribution >= 0.6 is 0 Å². The van der Waals surface area contributed by atoms with Crippen molar-refractivity contribution in [2.24, 2.45) is 5.92 Å². The van der Waals surface area contributed by atoms with E-state index in [1.165, 1.54) is 6.07 Å². The van der Waals surface area contributed by atoms with E-state index in [0.717, 1.165) is 38.1 Å². The zero-order valence-electron chi connectivity index (χ0n) is 10.7. The van der Waals surface area contributed by atoms with Crippen molar-refractivity contribution < 1.29 is 17.6 Å². The van der Waals surface area contributed by atoms with Gasteiger partial charge in [0.1, 0.15) is 5.82 Å². The molecule has 0 amide bonds. The van der Waals surface area contributed by atoms with Gasteiger partial charge in [0.2, 0.25) is 0 Å². The molecule has 1 fully saturated rings. The van der Waals surface area contributed by atoms with Gasteiger partial charge in [0.25, 0.3) is 0 Å². The lowest BCUT2D eigenvalue weighted by Gasteiger charge is -2.28. The van der Waals surface area contributed by atoms with E-state index >= 15 is 0 Å². The number of piperidine rings is 1. The molecule has 0 radical (unpaired) electrons. The van der Waals surface area contributed by atoms with Crippen LogP contribution in [0.4, 0.5) is 17.6 Å². The Morgan fingerprint density at radius 3 is 2.37 bits per heavy atom. The maximum atomic E-state index is 13.5. The molecule has 0 aromatic heterocycles. The van der Waals surface area contributed by atoms with E-state index < -0.39 is 17.6 Å². The highest BCUT2D eigenvalue weighted by molar-refractivity contribution is 5.29. The molecule has 0 bridgehead atoms. The van der Waals surface area contributed by atoms with E-state index in [9.17, 15) is 17.6 Å². The summed E-state index contributed by atoms with van der Waals surface area (Å²) in [5.74, 6) is -0.693. The van der Waals surface area contributed by atoms with E-state index in [2.05, 4.69) is 5.32 Å². The molecule has 0 aliphatic carbocycles. The van der Waals surface area contributed by atoms with Crippen LogP contribution in [0.1, 0.15) is 36.8 Å². The fourth-order valence-corrected chi connectivity index (χ4v) is 2.66. The molecular formula is C14H17F4N. The van der Waals surface area contributed by atoms with Crippen LogP contribution in [-0.2, 0) is 6.18 Å². The van der Waals surface area contributed by atoms with Gasteiger partial charge < -0.3 is 5.32 Å². The molecule has 1 atom stereocenters. The minimum Gasteiger partial charge on any atom is -0.317 e. The van der Waals surface area contributed by atoms with Crippen molar-refractivity contribution in [3.63, 3.8) is 0 Å². The molecule has 1 aliphatic heterocycles. The van der Waals surface area contributed by atoms with Gasteiger partial charge in [0.15, 0.2) is 0 Å². The summed E-state index contributed by atoms with van der Waals surface area (Å²) in [6, 6.07) is 3.29. The molecular weight excluding hydrogens is 258 g/mol. The predicted octanol–water partition coefficient (Wildman–Crippen LogP) is 3.95. The lowest BCUT2D eigenvalue weighted by molar-refractivity contribution is -0.140. The number of nitrogens with one attached hydrogen (secondary N) is 1. The van der Waals surface area contributed by atoms with E-state index in [4.69, 9.17) is 0 Å². The van der Waals surface area contributed by atoms with Crippen molar-refractivity contribution >= 4 is 0 Å². The smallest absolute Gasteiger partial charge is 0.317 e. The van der Waals surface area contributed by atoms with Gasteiger partial charge >= 0.3 is 6.18 Å². The molecule has 2 rings (SSSR count). The first kappa shape index (κ1) is 14.3. The monoisotopic (exact) mass is 275 g/mol. The quantitative estimate of drug-likeness (QED) is 0.806. The Balaban J connectivity index is 2.19. The summed E-state index contributed by atoms with van der Waals surface area (Å²) in [7, 11) is 0. The van der Waals surface area contributed by atoms with Crippen LogP contribution in [0.25, 0.3) is 0 Å². The number of benzene rings is 1. The van der Waals surface area contributed by atoms with Crippen molar-refractivity contribution in [3.05, 3.63) is 35.1 Å². The standard InChI is InChI=1S/C14H17F4N/c1-9(10-4-6-19-7-5-10)11-2-3-12(13(15)8-11)14(16,17)18/h2-3,8-10,19H,4-7H2,1H3. The van der Waals surface area contributed by atoms with E-state index in [1.807, 2.05) is 6.92 Å². The second-order valence-electron chi connectivity index (χ2n) is 5.11. The molecule has 5 heteroatoms. The second-order valence-corrected chi connectivity index (χ2v) is 5.11. The normalized spacial score (nSPS) is 19.4. The molecule has 19 heavy (non-hydrogen) atoms. The first-order chi connectivity index (χ1) is 8.89. The van der Waals surface area contributed by atoms with Gasteiger partial charge in [-0.25, -0.2) is 4.39 Å². The van der Waals surface area contributed by atoms with Crippen LogP contribution in [0, 0.1) is 11.7 Å². The number of hydrogen-bond acceptors (Lipinski definition) is 1. The lowest BCUT2D eigenvalue weighted by Crippen LogP contribution is -2.30. The van der Waals surface area contributed by atoms with Crippen molar-refractivity contribution in [1.29, 1.82) is 0 Å². The molecule has 1 aromatic carbocycles. The molecule has 1 N–H and O–H groups in total. The third kappa shape index (κ3) is 3.26. The van der Waals surface area contributed by atoms with Crippen LogP contribution in [0.3, 0.4) is 0 Å². The maximum absolute atomic E-state index is 13.5. The minimum absolute atomic E-state index is 0.0823. The first-order valence-corrected chi connectivity index (χ1v) is 6.47. The molecule has 1 heterocycles. The largest absolute Gasteiger partial charge is 0.419 e. The Morgan fingerprint density at radius 2 is 1.84 bits per heavy atom. The molecule has 1 unspecified atom stereocenters. The summed E-state index contributed by atoms with van der Waals surface area (Å²) in [5.41, 5.74) is -0.536. The number of alkyl halides is 3. The average molecular weight is 275 g/mol. The van der Waals surface area contributed by atoms with Gasteiger partial charge in [-0.2, -0.15) is 13.2 Å². The van der Waals surface area contributed by atoms with Crippen molar-refractivity contribution in [2.45, 2.75) is 31.9 Å². The number of hydrogen-bond donors (Lipinski definition) is 1. The Labute approximate surface area is 110 Å². The Morgan fingerprint density at radius 1 is 1.21 bits per heavy atom. The molecule has 1 aromatic rings. The third-order valence-electron chi connectivity index (χ3n) is 3.92. The molecule has 106 valence electrons. The van der Waals surface area contributed by atoms with Gasteiger partial charge in [-0.3, -0.25) is 0 Å². The van der Waals surface area contributed by atoms with Crippen LogP contribution in [0.15, 0.2) is 18.2 Å². The Hall–Kier alpha value is -1.10. The SMILES string of the molecule is CC(c1ccc(C(F)(F)F)c(F)c1)C1CCNCC1. The topological polar surface area (TPSA) is 12.0 Å². The zero-order valence-corrected chi connectivity index (χ0v) is 10.7. The first-order valence-electron chi connectivity index (χ1n) is 6.47. The molecule has 1 nitrogen and oxygen atoms in total. The van der Waals surface area contributed by atoms with Gasteiger partial charge in [0, 0.05) is 0 Å². The van der Waals surface area contributed by atoms with E-state index in [0.29, 0.717) is 11.5 Å². The van der Waals surface area contributed by atoms with Gasteiger partial charge in [-0.1, -0.05) is 13.0 Å². The van der Waals surface area contributed by atoms with Crippen LogP contribution in [-0.4, -0.2) is 13.1 Å². The zero-order chi connectivity index (χ0) is 14.0. The summed E-state index contributed by atoms with van der Waals surface area (Å²) in [6.07, 6.45) is -2.67. The fraction of sp³-hybridized carbons (Fsp3) is 0.571. The summed E-state index contributed by atoms with van der Waals surface area (Å²) in [4.78, 5) is 0. The summed E-state index contributed by atoms with van der Waals surface area (Å²) in [5, 5.41) is 3.24. The van der Waals surface area contributed by atoms with E-state index in [1.54, 1.807) is 0 Å². The maximum Gasteiger partial charge on any atom is 0.419 e. The summed E-state index contributed by atoms with van der Waals surface area (Å²) >= 11 is 0. The Bertz CT molecular complexity index is 436. The van der Waals surface area contributed by atoms with E-state index in [-0.39, 0.29) is 5.92 Å². The Kier molecular flexibility index (Phi) is 4.13. The highest BCUT2D eigenvalue weighted by atomic mass is 19.4. The predicted molar refractivity (Wildman–Crippen MR) is 65.4 cm³/mol. The van der Waals surface area contributed by atoms with Crippen molar-refractivity contribution in [3.8, 4) is 0 Å². The van der Waals surface area contributed by atoms with Gasteiger partial charge in [-0.15, -0.1) is 0 Å². The molecule has 0 saturated carbocycles.